The first kappa shape index (κ1) is 20.2. The SMILES string of the molecule is COc1cc2c(cc1OC)[C@H]1C[C@@H](OCCI)[C@H](CC(C)C)CN1CC2. The van der Waals surface area contributed by atoms with E-state index in [0.29, 0.717) is 24.0 Å². The fraction of sp³-hybridized carbons (Fsp3) is 0.714. The fourth-order valence-corrected chi connectivity index (χ4v) is 4.89. The molecule has 2 heterocycles. The summed E-state index contributed by atoms with van der Waals surface area (Å²) in [4.78, 5) is 2.67. The molecular weight excluding hydrogens is 441 g/mol. The van der Waals surface area contributed by atoms with Gasteiger partial charge in [-0.25, -0.2) is 0 Å². The molecular formula is C21H32INO3. The van der Waals surface area contributed by atoms with Gasteiger partial charge in [-0.1, -0.05) is 36.4 Å². The highest BCUT2D eigenvalue weighted by atomic mass is 127. The summed E-state index contributed by atoms with van der Waals surface area (Å²) in [5, 5.41) is 0. The Balaban J connectivity index is 1.87. The topological polar surface area (TPSA) is 30.9 Å². The van der Waals surface area contributed by atoms with Crippen molar-refractivity contribution < 1.29 is 14.2 Å². The summed E-state index contributed by atoms with van der Waals surface area (Å²) in [6.45, 7) is 7.77. The zero-order valence-corrected chi connectivity index (χ0v) is 18.6. The van der Waals surface area contributed by atoms with Crippen molar-refractivity contribution in [3.05, 3.63) is 23.3 Å². The van der Waals surface area contributed by atoms with Crippen molar-refractivity contribution in [2.75, 3.05) is 38.3 Å². The molecule has 0 amide bonds. The highest BCUT2D eigenvalue weighted by Crippen LogP contribution is 2.44. The van der Waals surface area contributed by atoms with Crippen LogP contribution in [0.15, 0.2) is 12.1 Å². The molecule has 2 aliphatic heterocycles. The summed E-state index contributed by atoms with van der Waals surface area (Å²) in [6.07, 6.45) is 3.76. The molecule has 0 saturated carbocycles. The lowest BCUT2D eigenvalue weighted by Crippen LogP contribution is -2.49. The van der Waals surface area contributed by atoms with Crippen molar-refractivity contribution in [1.29, 1.82) is 0 Å². The predicted molar refractivity (Wildman–Crippen MR) is 114 cm³/mol. The first-order valence-corrected chi connectivity index (χ1v) is 11.3. The summed E-state index contributed by atoms with van der Waals surface area (Å²) in [7, 11) is 3.43. The number of alkyl halides is 1. The third kappa shape index (κ3) is 4.30. The largest absolute Gasteiger partial charge is 0.493 e. The van der Waals surface area contributed by atoms with E-state index in [1.807, 2.05) is 0 Å². The Bertz CT molecular complexity index is 607. The number of ether oxygens (including phenoxy) is 3. The molecule has 0 N–H and O–H groups in total. The molecule has 0 unspecified atom stereocenters. The van der Waals surface area contributed by atoms with E-state index in [-0.39, 0.29) is 0 Å². The van der Waals surface area contributed by atoms with Gasteiger partial charge in [-0.2, -0.15) is 0 Å². The summed E-state index contributed by atoms with van der Waals surface area (Å²) in [5.41, 5.74) is 2.80. The highest BCUT2D eigenvalue weighted by Gasteiger charge is 2.39. The molecule has 3 atom stereocenters. The predicted octanol–water partition coefficient (Wildman–Crippen LogP) is 4.49. The van der Waals surface area contributed by atoms with Gasteiger partial charge in [0.15, 0.2) is 11.5 Å². The third-order valence-electron chi connectivity index (χ3n) is 5.75. The van der Waals surface area contributed by atoms with Crippen LogP contribution in [0.2, 0.25) is 0 Å². The maximum absolute atomic E-state index is 6.32. The monoisotopic (exact) mass is 473 g/mol. The standard InChI is InChI=1S/C21H32INO3/c1-14(2)9-16-13-23-7-5-15-10-20(24-3)21(25-4)11-17(15)18(23)12-19(16)26-8-6-22/h10-11,14,16,18-19H,5-9,12-13H2,1-4H3/t16-,18-,19-/m1/s1. The molecule has 2 aliphatic rings. The minimum Gasteiger partial charge on any atom is -0.493 e. The minimum atomic E-state index is 0.354. The number of benzene rings is 1. The van der Waals surface area contributed by atoms with E-state index >= 15 is 0 Å². The second-order valence-corrected chi connectivity index (χ2v) is 8.97. The molecule has 146 valence electrons. The molecule has 3 rings (SSSR count). The Hall–Kier alpha value is -0.530. The van der Waals surface area contributed by atoms with Crippen LogP contribution in [0.4, 0.5) is 0 Å². The Morgan fingerprint density at radius 1 is 1.19 bits per heavy atom. The van der Waals surface area contributed by atoms with Crippen LogP contribution >= 0.6 is 22.6 Å². The molecule has 0 bridgehead atoms. The second-order valence-electron chi connectivity index (χ2n) is 7.89. The van der Waals surface area contributed by atoms with E-state index < -0.39 is 0 Å². The quantitative estimate of drug-likeness (QED) is 0.432. The van der Waals surface area contributed by atoms with Crippen molar-refractivity contribution in [3.8, 4) is 11.5 Å². The smallest absolute Gasteiger partial charge is 0.161 e. The molecule has 1 saturated heterocycles. The normalized spacial score (nSPS) is 25.7. The molecule has 1 aromatic rings. The van der Waals surface area contributed by atoms with Crippen molar-refractivity contribution in [2.45, 2.75) is 45.3 Å². The number of hydrogen-bond donors (Lipinski definition) is 0. The van der Waals surface area contributed by atoms with Gasteiger partial charge in [-0.15, -0.1) is 0 Å². The van der Waals surface area contributed by atoms with E-state index in [1.54, 1.807) is 14.2 Å². The Morgan fingerprint density at radius 2 is 1.92 bits per heavy atom. The summed E-state index contributed by atoms with van der Waals surface area (Å²) in [6, 6.07) is 4.80. The number of nitrogens with zero attached hydrogens (tertiary/aromatic N) is 1. The van der Waals surface area contributed by atoms with Crippen molar-refractivity contribution in [2.24, 2.45) is 11.8 Å². The van der Waals surface area contributed by atoms with Crippen LogP contribution in [-0.2, 0) is 11.2 Å². The average Bonchev–Trinajstić information content (AvgIpc) is 2.64. The number of hydrogen-bond acceptors (Lipinski definition) is 4. The van der Waals surface area contributed by atoms with Crippen LogP contribution in [0, 0.1) is 11.8 Å². The lowest BCUT2D eigenvalue weighted by atomic mass is 9.79. The van der Waals surface area contributed by atoms with Gasteiger partial charge in [0.25, 0.3) is 0 Å². The maximum atomic E-state index is 6.32. The molecule has 4 nitrogen and oxygen atoms in total. The number of methoxy groups -OCH3 is 2. The Morgan fingerprint density at radius 3 is 2.58 bits per heavy atom. The van der Waals surface area contributed by atoms with Gasteiger partial charge in [0.05, 0.1) is 26.9 Å². The summed E-state index contributed by atoms with van der Waals surface area (Å²) >= 11 is 2.40. The van der Waals surface area contributed by atoms with Crippen molar-refractivity contribution in [3.63, 3.8) is 0 Å². The molecule has 0 aliphatic carbocycles. The molecule has 26 heavy (non-hydrogen) atoms. The number of rotatable bonds is 7. The van der Waals surface area contributed by atoms with Crippen LogP contribution in [0.1, 0.15) is 43.9 Å². The van der Waals surface area contributed by atoms with Crippen LogP contribution < -0.4 is 9.47 Å². The minimum absolute atomic E-state index is 0.354. The molecule has 5 heteroatoms. The van der Waals surface area contributed by atoms with Crippen LogP contribution in [0.5, 0.6) is 11.5 Å². The first-order chi connectivity index (χ1) is 12.6. The lowest BCUT2D eigenvalue weighted by Gasteiger charge is -2.47. The van der Waals surface area contributed by atoms with Gasteiger partial charge in [0.2, 0.25) is 0 Å². The number of halogens is 1. The van der Waals surface area contributed by atoms with E-state index in [1.165, 1.54) is 17.5 Å². The molecule has 0 aromatic heterocycles. The summed E-state index contributed by atoms with van der Waals surface area (Å²) < 4.78 is 18.5. The highest BCUT2D eigenvalue weighted by molar-refractivity contribution is 14.1. The van der Waals surface area contributed by atoms with E-state index in [0.717, 1.165) is 48.5 Å². The Kier molecular flexibility index (Phi) is 7.08. The van der Waals surface area contributed by atoms with Crippen molar-refractivity contribution in [1.82, 2.24) is 4.90 Å². The molecule has 0 radical (unpaired) electrons. The van der Waals surface area contributed by atoms with E-state index in [4.69, 9.17) is 14.2 Å². The fourth-order valence-electron chi connectivity index (χ4n) is 4.64. The van der Waals surface area contributed by atoms with E-state index in [9.17, 15) is 0 Å². The van der Waals surface area contributed by atoms with Crippen LogP contribution in [-0.4, -0.2) is 49.3 Å². The zero-order valence-electron chi connectivity index (χ0n) is 16.5. The Labute approximate surface area is 171 Å². The molecule has 0 spiro atoms. The van der Waals surface area contributed by atoms with Crippen LogP contribution in [0.25, 0.3) is 0 Å². The average molecular weight is 473 g/mol. The molecule has 1 aromatic carbocycles. The van der Waals surface area contributed by atoms with Gasteiger partial charge in [-0.3, -0.25) is 4.90 Å². The first-order valence-electron chi connectivity index (χ1n) is 9.73. The van der Waals surface area contributed by atoms with Crippen LogP contribution in [0.3, 0.4) is 0 Å². The van der Waals surface area contributed by atoms with Gasteiger partial charge in [0.1, 0.15) is 0 Å². The van der Waals surface area contributed by atoms with E-state index in [2.05, 4.69) is 53.5 Å². The number of fused-ring (bicyclic) bond motifs is 3. The van der Waals surface area contributed by atoms with Gasteiger partial charge in [-0.05, 0) is 54.4 Å². The lowest BCUT2D eigenvalue weighted by molar-refractivity contribution is -0.0586. The van der Waals surface area contributed by atoms with Gasteiger partial charge >= 0.3 is 0 Å². The molecule has 1 fully saturated rings. The third-order valence-corrected chi connectivity index (χ3v) is 6.19. The summed E-state index contributed by atoms with van der Waals surface area (Å²) in [5.74, 6) is 3.02. The van der Waals surface area contributed by atoms with Gasteiger partial charge < -0.3 is 14.2 Å². The van der Waals surface area contributed by atoms with Gasteiger partial charge in [0, 0.05) is 23.6 Å². The number of piperidine rings is 1. The second kappa shape index (κ2) is 9.11. The van der Waals surface area contributed by atoms with Crippen molar-refractivity contribution >= 4 is 22.6 Å². The maximum Gasteiger partial charge on any atom is 0.161 e. The zero-order chi connectivity index (χ0) is 18.7.